The molecule has 0 saturated carbocycles. The minimum Gasteiger partial charge on any atom is -0.449 e. The molecule has 0 aliphatic heterocycles. The molecule has 10 heteroatoms. The fraction of sp³-hybridized carbons (Fsp3) is 0.400. The number of nitrogens with zero attached hydrogens (tertiary/aromatic N) is 2. The number of hydrogen-bond acceptors (Lipinski definition) is 6. The molecule has 136 valence electrons. The number of carbonyl (C=O) groups is 2. The molecule has 0 unspecified atom stereocenters. The highest BCUT2D eigenvalue weighted by atomic mass is 35.5. The first kappa shape index (κ1) is 20.9. The van der Waals surface area contributed by atoms with Crippen LogP contribution in [-0.2, 0) is 19.6 Å². The predicted octanol–water partition coefficient (Wildman–Crippen LogP) is 1.17. The number of ether oxygens (including phenoxy) is 1. The van der Waals surface area contributed by atoms with Gasteiger partial charge < -0.3 is 9.64 Å². The fourth-order valence-electron chi connectivity index (χ4n) is 1.86. The molecule has 0 aliphatic carbocycles. The molecule has 25 heavy (non-hydrogen) atoms. The second-order valence-electron chi connectivity index (χ2n) is 5.07. The van der Waals surface area contributed by atoms with Crippen molar-refractivity contribution in [2.24, 2.45) is 0 Å². The van der Waals surface area contributed by atoms with Crippen LogP contribution in [0.25, 0.3) is 0 Å². The predicted molar refractivity (Wildman–Crippen MR) is 90.4 cm³/mol. The second-order valence-corrected chi connectivity index (χ2v) is 7.33. The van der Waals surface area contributed by atoms with Crippen LogP contribution in [-0.4, -0.2) is 51.9 Å². The number of nitrogens with one attached hydrogen (secondary N) is 1. The molecule has 1 N–H and O–H groups in total. The number of carbonyl (C=O) groups excluding carboxylic acids is 2. The third-order valence-electron chi connectivity index (χ3n) is 3.29. The molecular weight excluding hydrogens is 370 g/mol. The molecule has 1 atom stereocenters. The van der Waals surface area contributed by atoms with Gasteiger partial charge in [-0.15, -0.1) is 0 Å². The standard InChI is InChI=1S/C15H18ClN3O5S/c1-10(14(20)19(3)8-4-7-17)24-15(21)11-5-6-12(16)13(9-11)25(22,23)18-2/h5-6,9-10,18H,4,8H2,1-3H3/t10-/m0/s1. The van der Waals surface area contributed by atoms with Gasteiger partial charge in [-0.2, -0.15) is 5.26 Å². The van der Waals surface area contributed by atoms with E-state index in [1.165, 1.54) is 38.1 Å². The maximum atomic E-state index is 12.2. The second kappa shape index (κ2) is 8.80. The Morgan fingerprint density at radius 2 is 2.08 bits per heavy atom. The lowest BCUT2D eigenvalue weighted by atomic mass is 10.2. The highest BCUT2D eigenvalue weighted by Gasteiger charge is 2.24. The average Bonchev–Trinajstić information content (AvgIpc) is 2.58. The number of benzene rings is 1. The van der Waals surface area contributed by atoms with Gasteiger partial charge >= 0.3 is 5.97 Å². The molecule has 0 fully saturated rings. The molecular formula is C15H18ClN3O5S. The number of halogens is 1. The Hall–Kier alpha value is -2.15. The zero-order valence-corrected chi connectivity index (χ0v) is 15.5. The van der Waals surface area contributed by atoms with Gasteiger partial charge in [-0.25, -0.2) is 17.9 Å². The minimum atomic E-state index is -3.85. The van der Waals surface area contributed by atoms with E-state index < -0.39 is 28.0 Å². The van der Waals surface area contributed by atoms with Crippen molar-refractivity contribution >= 4 is 33.5 Å². The Morgan fingerprint density at radius 1 is 1.44 bits per heavy atom. The first-order valence-electron chi connectivity index (χ1n) is 7.20. The Kier molecular flexibility index (Phi) is 7.36. The minimum absolute atomic E-state index is 0.0498. The lowest BCUT2D eigenvalue weighted by Gasteiger charge is -2.20. The van der Waals surface area contributed by atoms with Crippen LogP contribution in [0, 0.1) is 11.3 Å². The third-order valence-corrected chi connectivity index (χ3v) is 5.19. The zero-order valence-electron chi connectivity index (χ0n) is 13.9. The monoisotopic (exact) mass is 387 g/mol. The van der Waals surface area contributed by atoms with Crippen molar-refractivity contribution < 1.29 is 22.7 Å². The van der Waals surface area contributed by atoms with Gasteiger partial charge in [-0.3, -0.25) is 4.79 Å². The molecule has 0 spiro atoms. The summed E-state index contributed by atoms with van der Waals surface area (Å²) in [5.74, 6) is -1.33. The van der Waals surface area contributed by atoms with Crippen molar-refractivity contribution in [3.05, 3.63) is 28.8 Å². The molecule has 1 rings (SSSR count). The summed E-state index contributed by atoms with van der Waals surface area (Å²) in [5.41, 5.74) is -0.0578. The van der Waals surface area contributed by atoms with Gasteiger partial charge in [0.15, 0.2) is 6.10 Å². The number of hydrogen-bond donors (Lipinski definition) is 1. The van der Waals surface area contributed by atoms with E-state index in [-0.39, 0.29) is 28.4 Å². The average molecular weight is 388 g/mol. The van der Waals surface area contributed by atoms with Crippen LogP contribution < -0.4 is 4.72 Å². The Labute approximate surface area is 151 Å². The van der Waals surface area contributed by atoms with Crippen molar-refractivity contribution in [2.45, 2.75) is 24.3 Å². The van der Waals surface area contributed by atoms with Crippen molar-refractivity contribution in [2.75, 3.05) is 20.6 Å². The number of esters is 1. The van der Waals surface area contributed by atoms with Gasteiger partial charge in [-0.05, 0) is 32.2 Å². The van der Waals surface area contributed by atoms with E-state index in [0.29, 0.717) is 0 Å². The van der Waals surface area contributed by atoms with E-state index in [1.807, 2.05) is 6.07 Å². The largest absolute Gasteiger partial charge is 0.449 e. The summed E-state index contributed by atoms with van der Waals surface area (Å²) in [6, 6.07) is 5.55. The van der Waals surface area contributed by atoms with Crippen molar-refractivity contribution in [1.29, 1.82) is 5.26 Å². The van der Waals surface area contributed by atoms with Crippen molar-refractivity contribution in [3.63, 3.8) is 0 Å². The molecule has 0 heterocycles. The topological polar surface area (TPSA) is 117 Å². The van der Waals surface area contributed by atoms with Gasteiger partial charge in [0, 0.05) is 13.6 Å². The molecule has 8 nitrogen and oxygen atoms in total. The van der Waals surface area contributed by atoms with Gasteiger partial charge in [0.05, 0.1) is 23.1 Å². The zero-order chi connectivity index (χ0) is 19.2. The normalized spacial score (nSPS) is 12.1. The van der Waals surface area contributed by atoms with E-state index in [0.717, 1.165) is 6.07 Å². The van der Waals surface area contributed by atoms with E-state index >= 15 is 0 Å². The van der Waals surface area contributed by atoms with Crippen molar-refractivity contribution in [1.82, 2.24) is 9.62 Å². The molecule has 1 aromatic carbocycles. The maximum Gasteiger partial charge on any atom is 0.338 e. The third kappa shape index (κ3) is 5.42. The lowest BCUT2D eigenvalue weighted by molar-refractivity contribution is -0.138. The first-order valence-corrected chi connectivity index (χ1v) is 9.06. The van der Waals surface area contributed by atoms with Crippen LogP contribution in [0.4, 0.5) is 0 Å². The molecule has 0 radical (unpaired) electrons. The van der Waals surface area contributed by atoms with Gasteiger partial charge in [-0.1, -0.05) is 11.6 Å². The van der Waals surface area contributed by atoms with E-state index in [4.69, 9.17) is 21.6 Å². The molecule has 0 saturated heterocycles. The summed E-state index contributed by atoms with van der Waals surface area (Å²) in [7, 11) is -1.14. The number of amides is 1. The summed E-state index contributed by atoms with van der Waals surface area (Å²) in [4.78, 5) is 25.2. The van der Waals surface area contributed by atoms with Crippen LogP contribution in [0.5, 0.6) is 0 Å². The molecule has 1 aromatic rings. The summed E-state index contributed by atoms with van der Waals surface area (Å²) >= 11 is 5.85. The molecule has 1 amide bonds. The van der Waals surface area contributed by atoms with Crippen LogP contribution in [0.3, 0.4) is 0 Å². The van der Waals surface area contributed by atoms with E-state index in [2.05, 4.69) is 4.72 Å². The highest BCUT2D eigenvalue weighted by molar-refractivity contribution is 7.89. The summed E-state index contributed by atoms with van der Waals surface area (Å²) in [6.45, 7) is 1.60. The Morgan fingerprint density at radius 3 is 2.64 bits per heavy atom. The SMILES string of the molecule is CNS(=O)(=O)c1cc(C(=O)O[C@@H](C)C(=O)N(C)CCC#N)ccc1Cl. The summed E-state index contributed by atoms with van der Waals surface area (Å²) in [6.07, 6.45) is -0.929. The van der Waals surface area contributed by atoms with Gasteiger partial charge in [0.25, 0.3) is 5.91 Å². The van der Waals surface area contributed by atoms with Crippen LogP contribution >= 0.6 is 11.6 Å². The van der Waals surface area contributed by atoms with Crippen LogP contribution in [0.1, 0.15) is 23.7 Å². The lowest BCUT2D eigenvalue weighted by Crippen LogP contribution is -2.37. The summed E-state index contributed by atoms with van der Waals surface area (Å²) < 4.78 is 30.9. The fourth-order valence-corrected chi connectivity index (χ4v) is 3.11. The number of sulfonamides is 1. The quantitative estimate of drug-likeness (QED) is 0.702. The molecule has 0 aliphatic rings. The number of likely N-dealkylation sites (N-methyl/N-ethyl adjacent to an activating group) is 1. The van der Waals surface area contributed by atoms with Crippen molar-refractivity contribution in [3.8, 4) is 6.07 Å². The van der Waals surface area contributed by atoms with Gasteiger partial charge in [0.1, 0.15) is 4.90 Å². The molecule has 0 aromatic heterocycles. The Balaban J connectivity index is 2.93. The first-order chi connectivity index (χ1) is 11.6. The Bertz CT molecular complexity index is 804. The molecule has 0 bridgehead atoms. The van der Waals surface area contributed by atoms with Crippen LogP contribution in [0.2, 0.25) is 5.02 Å². The number of rotatable bonds is 7. The highest BCUT2D eigenvalue weighted by Crippen LogP contribution is 2.23. The smallest absolute Gasteiger partial charge is 0.338 e. The van der Waals surface area contributed by atoms with Gasteiger partial charge in [0.2, 0.25) is 10.0 Å². The van der Waals surface area contributed by atoms with Crippen LogP contribution in [0.15, 0.2) is 23.1 Å². The van der Waals surface area contributed by atoms with E-state index in [1.54, 1.807) is 0 Å². The number of nitriles is 1. The summed E-state index contributed by atoms with van der Waals surface area (Å²) in [5, 5.41) is 8.48. The van der Waals surface area contributed by atoms with E-state index in [9.17, 15) is 18.0 Å². The maximum absolute atomic E-state index is 12.2.